The molecule has 0 aliphatic carbocycles. The number of hydrogen-bond donors (Lipinski definition) is 0. The highest BCUT2D eigenvalue weighted by atomic mass is 16.7. The van der Waals surface area contributed by atoms with Crippen LogP contribution in [0.4, 0.5) is 0 Å². The Hall–Kier alpha value is -0.610. The van der Waals surface area contributed by atoms with Gasteiger partial charge in [0.25, 0.3) is 0 Å². The topological polar surface area (TPSA) is 38.8 Å². The predicted octanol–water partition coefficient (Wildman–Crippen LogP) is -0.0840. The Morgan fingerprint density at radius 2 is 2.78 bits per heavy atom. The van der Waals surface area contributed by atoms with E-state index in [1.807, 2.05) is 0 Å². The van der Waals surface area contributed by atoms with Crippen LogP contribution >= 0.6 is 0 Å². The summed E-state index contributed by atoms with van der Waals surface area (Å²) in [5.74, 6) is -0.156. The molecule has 0 N–H and O–H groups in total. The van der Waals surface area contributed by atoms with Crippen molar-refractivity contribution < 1.29 is 14.4 Å². The summed E-state index contributed by atoms with van der Waals surface area (Å²) >= 11 is 0. The molecule has 0 aromatic carbocycles. The van der Waals surface area contributed by atoms with E-state index in [9.17, 15) is 4.79 Å². The normalized spacial score (nSPS) is 19.2. The van der Waals surface area contributed by atoms with Crippen LogP contribution in [0.3, 0.4) is 0 Å². The van der Waals surface area contributed by atoms with Crippen LogP contribution < -0.4 is 0 Å². The molecule has 1 heterocycles. The van der Waals surface area contributed by atoms with E-state index in [0.29, 0.717) is 6.61 Å². The standard InChI is InChI=1S/C5H8NO3/c1-2-9-6-4-8-3-5(6)7/h4H,2-3H2,1H3/q-1. The lowest BCUT2D eigenvalue weighted by molar-refractivity contribution is -0.169. The number of ether oxygens (including phenoxy) is 1. The largest absolute Gasteiger partial charge is 0.522 e. The monoisotopic (exact) mass is 130 g/mol. The Balaban J connectivity index is 2.31. The molecule has 0 aromatic heterocycles. The van der Waals surface area contributed by atoms with Gasteiger partial charge >= 0.3 is 0 Å². The fraction of sp³-hybridized carbons (Fsp3) is 0.600. The highest BCUT2D eigenvalue weighted by Crippen LogP contribution is 2.05. The lowest BCUT2D eigenvalue weighted by atomic mass is 10.7. The minimum atomic E-state index is -0.156. The average Bonchev–Trinajstić information content (AvgIpc) is 2.18. The number of rotatable bonds is 2. The summed E-state index contributed by atoms with van der Waals surface area (Å²) in [6, 6.07) is 0. The molecule has 0 unspecified atom stereocenters. The third-order valence-corrected chi connectivity index (χ3v) is 0.891. The van der Waals surface area contributed by atoms with Crippen molar-refractivity contribution >= 4 is 5.91 Å². The Labute approximate surface area is 53.3 Å². The predicted molar refractivity (Wildman–Crippen MR) is 28.7 cm³/mol. The van der Waals surface area contributed by atoms with Crippen LogP contribution in [0.1, 0.15) is 6.92 Å². The van der Waals surface area contributed by atoms with Gasteiger partial charge in [0.05, 0.1) is 13.2 Å². The van der Waals surface area contributed by atoms with E-state index in [1.54, 1.807) is 6.92 Å². The van der Waals surface area contributed by atoms with Crippen LogP contribution in [0.2, 0.25) is 0 Å². The zero-order chi connectivity index (χ0) is 6.69. The maximum atomic E-state index is 10.6. The molecule has 0 aromatic rings. The van der Waals surface area contributed by atoms with Crippen LogP contribution in [0.5, 0.6) is 0 Å². The number of carbonyl (C=O) groups is 1. The third kappa shape index (κ3) is 1.40. The lowest BCUT2D eigenvalue weighted by Crippen LogP contribution is -2.23. The number of carbonyl (C=O) groups excluding carboxylic acids is 1. The summed E-state index contributed by atoms with van der Waals surface area (Å²) in [7, 11) is 0. The molecular formula is C5H8NO3-. The Bertz CT molecular complexity index is 115. The van der Waals surface area contributed by atoms with Crippen molar-refractivity contribution in [2.24, 2.45) is 0 Å². The summed E-state index contributed by atoms with van der Waals surface area (Å²) in [6.07, 6.45) is 0. The molecule has 1 rings (SSSR count). The summed E-state index contributed by atoms with van der Waals surface area (Å²) in [5, 5.41) is 1.10. The van der Waals surface area contributed by atoms with E-state index < -0.39 is 0 Å². The van der Waals surface area contributed by atoms with Gasteiger partial charge in [-0.05, 0) is 6.92 Å². The molecule has 0 saturated carbocycles. The van der Waals surface area contributed by atoms with Gasteiger partial charge in [-0.3, -0.25) is 4.79 Å². The van der Waals surface area contributed by atoms with E-state index in [2.05, 4.69) is 4.74 Å². The van der Waals surface area contributed by atoms with Crippen molar-refractivity contribution in [1.29, 1.82) is 0 Å². The summed E-state index contributed by atoms with van der Waals surface area (Å²) < 4.78 is 4.65. The maximum absolute atomic E-state index is 10.6. The number of hydroxylamine groups is 2. The molecule has 1 fully saturated rings. The molecule has 1 amide bonds. The molecule has 1 saturated heterocycles. The zero-order valence-corrected chi connectivity index (χ0v) is 5.16. The molecule has 9 heavy (non-hydrogen) atoms. The second-order valence-corrected chi connectivity index (χ2v) is 1.55. The first kappa shape index (κ1) is 6.51. The van der Waals surface area contributed by atoms with E-state index in [1.165, 1.54) is 6.73 Å². The molecule has 1 aliphatic rings. The van der Waals surface area contributed by atoms with Crippen molar-refractivity contribution in [3.63, 3.8) is 0 Å². The van der Waals surface area contributed by atoms with Crippen LogP contribution in [-0.4, -0.2) is 24.2 Å². The van der Waals surface area contributed by atoms with Gasteiger partial charge in [-0.25, -0.2) is 0 Å². The van der Waals surface area contributed by atoms with Gasteiger partial charge in [0.1, 0.15) is 0 Å². The Morgan fingerprint density at radius 1 is 2.00 bits per heavy atom. The summed E-state index contributed by atoms with van der Waals surface area (Å²) in [6.45, 7) is 3.65. The van der Waals surface area contributed by atoms with Gasteiger partial charge in [-0.1, -0.05) is 6.73 Å². The van der Waals surface area contributed by atoms with Gasteiger partial charge in [0, 0.05) is 0 Å². The smallest absolute Gasteiger partial charge is 0.241 e. The first-order chi connectivity index (χ1) is 4.34. The quantitative estimate of drug-likeness (QED) is 0.490. The molecule has 1 aliphatic heterocycles. The minimum absolute atomic E-state index is 0.0972. The first-order valence-electron chi connectivity index (χ1n) is 2.74. The van der Waals surface area contributed by atoms with Crippen LogP contribution in [-0.2, 0) is 14.4 Å². The Morgan fingerprint density at radius 3 is 3.22 bits per heavy atom. The molecule has 52 valence electrons. The second-order valence-electron chi connectivity index (χ2n) is 1.55. The van der Waals surface area contributed by atoms with E-state index in [-0.39, 0.29) is 12.5 Å². The number of nitrogens with zero attached hydrogens (tertiary/aromatic N) is 1. The summed E-state index contributed by atoms with van der Waals surface area (Å²) in [5.41, 5.74) is 0. The van der Waals surface area contributed by atoms with Gasteiger partial charge in [-0.2, -0.15) is 0 Å². The summed E-state index contributed by atoms with van der Waals surface area (Å²) in [4.78, 5) is 15.4. The lowest BCUT2D eigenvalue weighted by Gasteiger charge is -2.20. The van der Waals surface area contributed by atoms with Crippen molar-refractivity contribution in [2.75, 3.05) is 13.2 Å². The second kappa shape index (κ2) is 2.80. The molecule has 4 nitrogen and oxygen atoms in total. The van der Waals surface area contributed by atoms with Gasteiger partial charge in [0.15, 0.2) is 0 Å². The fourth-order valence-corrected chi connectivity index (χ4v) is 0.540. The molecule has 0 spiro atoms. The molecule has 4 heteroatoms. The SMILES string of the molecule is CCON1[CH-]OCC1=O. The highest BCUT2D eigenvalue weighted by molar-refractivity contribution is 5.78. The average molecular weight is 130 g/mol. The van der Waals surface area contributed by atoms with Crippen LogP contribution in [0, 0.1) is 6.73 Å². The van der Waals surface area contributed by atoms with Crippen LogP contribution in [0.15, 0.2) is 0 Å². The number of hydrogen-bond acceptors (Lipinski definition) is 3. The molecule has 0 bridgehead atoms. The van der Waals surface area contributed by atoms with Crippen molar-refractivity contribution in [1.82, 2.24) is 5.06 Å². The third-order valence-electron chi connectivity index (χ3n) is 0.891. The zero-order valence-electron chi connectivity index (χ0n) is 5.16. The van der Waals surface area contributed by atoms with Gasteiger partial charge < -0.3 is 14.6 Å². The van der Waals surface area contributed by atoms with E-state index >= 15 is 0 Å². The number of amides is 1. The molecule has 0 radical (unpaired) electrons. The Kier molecular flexibility index (Phi) is 2.02. The van der Waals surface area contributed by atoms with E-state index in [0.717, 1.165) is 5.06 Å². The first-order valence-corrected chi connectivity index (χ1v) is 2.74. The van der Waals surface area contributed by atoms with Crippen molar-refractivity contribution in [2.45, 2.75) is 6.92 Å². The van der Waals surface area contributed by atoms with Crippen molar-refractivity contribution in [3.05, 3.63) is 6.73 Å². The van der Waals surface area contributed by atoms with Crippen molar-refractivity contribution in [3.8, 4) is 0 Å². The molecular weight excluding hydrogens is 122 g/mol. The minimum Gasteiger partial charge on any atom is -0.522 e. The molecule has 0 atom stereocenters. The maximum Gasteiger partial charge on any atom is 0.241 e. The van der Waals surface area contributed by atoms with E-state index in [4.69, 9.17) is 4.84 Å². The van der Waals surface area contributed by atoms with Gasteiger partial charge in [-0.15, -0.1) is 0 Å². The van der Waals surface area contributed by atoms with Crippen LogP contribution in [0.25, 0.3) is 0 Å². The fourth-order valence-electron chi connectivity index (χ4n) is 0.540. The van der Waals surface area contributed by atoms with Gasteiger partial charge in [0.2, 0.25) is 5.91 Å². The highest BCUT2D eigenvalue weighted by Gasteiger charge is 2.10.